The van der Waals surface area contributed by atoms with Crippen LogP contribution in [0.3, 0.4) is 0 Å². The molecule has 0 N–H and O–H groups in total. The second-order valence-electron chi connectivity index (χ2n) is 5.73. The summed E-state index contributed by atoms with van der Waals surface area (Å²) >= 11 is 0. The highest BCUT2D eigenvalue weighted by Crippen LogP contribution is 2.46. The van der Waals surface area contributed by atoms with Gasteiger partial charge >= 0.3 is 0 Å². The van der Waals surface area contributed by atoms with Gasteiger partial charge in [-0.3, -0.25) is 4.90 Å². The van der Waals surface area contributed by atoms with Crippen LogP contribution < -0.4 is 0 Å². The first-order chi connectivity index (χ1) is 8.03. The van der Waals surface area contributed by atoms with Gasteiger partial charge in [-0.2, -0.15) is 0 Å². The number of likely N-dealkylation sites (N-methyl/N-ethyl adjacent to an activating group) is 1. The molecule has 1 unspecified atom stereocenters. The van der Waals surface area contributed by atoms with Crippen molar-refractivity contribution in [2.24, 2.45) is 5.41 Å². The molecule has 1 aliphatic rings. The van der Waals surface area contributed by atoms with Crippen molar-refractivity contribution in [1.82, 2.24) is 4.90 Å². The lowest BCUT2D eigenvalue weighted by atomic mass is 10.1. The molecule has 1 atom stereocenters. The molecule has 0 spiro atoms. The van der Waals surface area contributed by atoms with Crippen LogP contribution in [0.5, 0.6) is 0 Å². The molecular weight excluding hydrogens is 214 g/mol. The van der Waals surface area contributed by atoms with Crippen molar-refractivity contribution in [1.29, 1.82) is 0 Å². The Labute approximate surface area is 106 Å². The van der Waals surface area contributed by atoms with Gasteiger partial charge in [0.05, 0.1) is 19.3 Å². The Morgan fingerprint density at radius 3 is 2.29 bits per heavy atom. The van der Waals surface area contributed by atoms with E-state index in [9.17, 15) is 0 Å². The largest absolute Gasteiger partial charge is 0.383 e. The zero-order valence-electron chi connectivity index (χ0n) is 12.2. The predicted molar refractivity (Wildman–Crippen MR) is 71.3 cm³/mol. The molecule has 0 amide bonds. The van der Waals surface area contributed by atoms with Crippen molar-refractivity contribution in [3.63, 3.8) is 0 Å². The van der Waals surface area contributed by atoms with E-state index < -0.39 is 0 Å². The molecule has 0 saturated heterocycles. The first-order valence-electron chi connectivity index (χ1n) is 6.87. The van der Waals surface area contributed by atoms with Gasteiger partial charge in [-0.15, -0.1) is 0 Å². The third kappa shape index (κ3) is 4.94. The number of nitrogens with zero attached hydrogens (tertiary/aromatic N) is 1. The zero-order chi connectivity index (χ0) is 12.9. The lowest BCUT2D eigenvalue weighted by Crippen LogP contribution is -2.41. The van der Waals surface area contributed by atoms with E-state index in [1.807, 2.05) is 0 Å². The lowest BCUT2D eigenvalue weighted by molar-refractivity contribution is 0.0193. The van der Waals surface area contributed by atoms with Crippen LogP contribution in [0.1, 0.15) is 40.5 Å². The first-order valence-corrected chi connectivity index (χ1v) is 6.87. The average molecular weight is 243 g/mol. The van der Waals surface area contributed by atoms with Gasteiger partial charge in [0.15, 0.2) is 0 Å². The summed E-state index contributed by atoms with van der Waals surface area (Å²) in [5.74, 6) is 0. The summed E-state index contributed by atoms with van der Waals surface area (Å²) < 4.78 is 11.0. The number of hydrogen-bond acceptors (Lipinski definition) is 3. The minimum atomic E-state index is 0.346. The maximum Gasteiger partial charge on any atom is 0.0615 e. The Balaban J connectivity index is 2.39. The number of rotatable bonds is 9. The zero-order valence-corrected chi connectivity index (χ0v) is 12.2. The minimum Gasteiger partial charge on any atom is -0.383 e. The fourth-order valence-electron chi connectivity index (χ4n) is 2.23. The molecule has 17 heavy (non-hydrogen) atoms. The van der Waals surface area contributed by atoms with Crippen LogP contribution >= 0.6 is 0 Å². The molecule has 0 heterocycles. The fraction of sp³-hybridized carbons (Fsp3) is 1.00. The summed E-state index contributed by atoms with van der Waals surface area (Å²) in [5.41, 5.74) is 0.433. The summed E-state index contributed by atoms with van der Waals surface area (Å²) in [6.07, 6.45) is 2.98. The maximum atomic E-state index is 5.80. The van der Waals surface area contributed by atoms with E-state index in [1.54, 1.807) is 7.11 Å². The molecule has 1 saturated carbocycles. The number of methoxy groups -OCH3 is 1. The summed E-state index contributed by atoms with van der Waals surface area (Å²) in [4.78, 5) is 2.51. The van der Waals surface area contributed by atoms with Crippen molar-refractivity contribution < 1.29 is 9.47 Å². The summed E-state index contributed by atoms with van der Waals surface area (Å²) in [6, 6.07) is 0.501. The highest BCUT2D eigenvalue weighted by atomic mass is 16.5. The smallest absolute Gasteiger partial charge is 0.0615 e. The molecule has 3 nitrogen and oxygen atoms in total. The maximum absolute atomic E-state index is 5.80. The fourth-order valence-corrected chi connectivity index (χ4v) is 2.23. The van der Waals surface area contributed by atoms with Crippen LogP contribution in [0.15, 0.2) is 0 Å². The molecular formula is C14H29NO2. The lowest BCUT2D eigenvalue weighted by Gasteiger charge is -2.31. The number of ether oxygens (including phenoxy) is 2. The van der Waals surface area contributed by atoms with E-state index in [1.165, 1.54) is 12.8 Å². The standard InChI is InChI=1S/C14H29NO2/c1-6-15(13(4)9-16-5)10-14(7-8-14)11-17-12(2)3/h12-13H,6-11H2,1-5H3. The van der Waals surface area contributed by atoms with Gasteiger partial charge in [0, 0.05) is 25.1 Å². The van der Waals surface area contributed by atoms with E-state index in [-0.39, 0.29) is 0 Å². The van der Waals surface area contributed by atoms with Gasteiger partial charge in [0.1, 0.15) is 0 Å². The predicted octanol–water partition coefficient (Wildman–Crippen LogP) is 2.55. The minimum absolute atomic E-state index is 0.346. The van der Waals surface area contributed by atoms with E-state index in [2.05, 4.69) is 32.6 Å². The quantitative estimate of drug-likeness (QED) is 0.621. The molecule has 1 aliphatic carbocycles. The summed E-state index contributed by atoms with van der Waals surface area (Å²) in [7, 11) is 1.78. The average Bonchev–Trinajstić information content (AvgIpc) is 3.04. The Bertz CT molecular complexity index is 214. The van der Waals surface area contributed by atoms with Gasteiger partial charge in [-0.05, 0) is 40.2 Å². The molecule has 0 radical (unpaired) electrons. The van der Waals surface area contributed by atoms with Crippen LogP contribution in [0, 0.1) is 5.41 Å². The molecule has 1 fully saturated rings. The van der Waals surface area contributed by atoms with Crippen molar-refractivity contribution in [2.75, 3.05) is 33.4 Å². The summed E-state index contributed by atoms with van der Waals surface area (Å²) in [6.45, 7) is 12.7. The molecule has 0 aromatic rings. The molecule has 3 heteroatoms. The Morgan fingerprint density at radius 2 is 1.88 bits per heavy atom. The third-order valence-electron chi connectivity index (χ3n) is 3.66. The van der Waals surface area contributed by atoms with E-state index in [4.69, 9.17) is 9.47 Å². The van der Waals surface area contributed by atoms with Gasteiger partial charge in [0.25, 0.3) is 0 Å². The van der Waals surface area contributed by atoms with Crippen LogP contribution in [0.2, 0.25) is 0 Å². The summed E-state index contributed by atoms with van der Waals surface area (Å²) in [5, 5.41) is 0. The second-order valence-corrected chi connectivity index (χ2v) is 5.73. The van der Waals surface area contributed by atoms with Crippen molar-refractivity contribution >= 4 is 0 Å². The molecule has 0 bridgehead atoms. The van der Waals surface area contributed by atoms with Crippen LogP contribution in [0.4, 0.5) is 0 Å². The second kappa shape index (κ2) is 6.72. The third-order valence-corrected chi connectivity index (χ3v) is 3.66. The number of hydrogen-bond donors (Lipinski definition) is 0. The molecule has 0 aromatic heterocycles. The van der Waals surface area contributed by atoms with Gasteiger partial charge in [0.2, 0.25) is 0 Å². The van der Waals surface area contributed by atoms with Crippen LogP contribution in [-0.4, -0.2) is 50.5 Å². The topological polar surface area (TPSA) is 21.7 Å². The van der Waals surface area contributed by atoms with Crippen molar-refractivity contribution in [3.8, 4) is 0 Å². The van der Waals surface area contributed by atoms with Gasteiger partial charge in [-0.25, -0.2) is 0 Å². The molecule has 0 aromatic carbocycles. The highest BCUT2D eigenvalue weighted by molar-refractivity contribution is 4.96. The monoisotopic (exact) mass is 243 g/mol. The Morgan fingerprint density at radius 1 is 1.24 bits per heavy atom. The molecule has 102 valence electrons. The Kier molecular flexibility index (Phi) is 5.90. The van der Waals surface area contributed by atoms with Crippen molar-refractivity contribution in [2.45, 2.75) is 52.7 Å². The van der Waals surface area contributed by atoms with Gasteiger partial charge in [-0.1, -0.05) is 6.92 Å². The van der Waals surface area contributed by atoms with Crippen molar-refractivity contribution in [3.05, 3.63) is 0 Å². The molecule has 0 aliphatic heterocycles. The van der Waals surface area contributed by atoms with Crippen LogP contribution in [0.25, 0.3) is 0 Å². The first kappa shape index (κ1) is 14.9. The Hall–Kier alpha value is -0.120. The van der Waals surface area contributed by atoms with Crippen LogP contribution in [-0.2, 0) is 9.47 Å². The van der Waals surface area contributed by atoms with Gasteiger partial charge < -0.3 is 9.47 Å². The highest BCUT2D eigenvalue weighted by Gasteiger charge is 2.44. The molecule has 1 rings (SSSR count). The van der Waals surface area contributed by atoms with E-state index in [0.717, 1.165) is 26.3 Å². The van der Waals surface area contributed by atoms with E-state index in [0.29, 0.717) is 17.6 Å². The normalized spacial score (nSPS) is 19.9. The SMILES string of the molecule is CCN(CC1(COC(C)C)CC1)C(C)COC. The van der Waals surface area contributed by atoms with E-state index >= 15 is 0 Å².